The summed E-state index contributed by atoms with van der Waals surface area (Å²) in [6, 6.07) is 0.322. The zero-order chi connectivity index (χ0) is 13.3. The largest absolute Gasteiger partial charge is 0.379 e. The smallest absolute Gasteiger partial charge is 0.118 e. The van der Waals surface area contributed by atoms with Gasteiger partial charge in [0.25, 0.3) is 0 Å². The number of hydrogen-bond donors (Lipinski definition) is 0. The predicted molar refractivity (Wildman–Crippen MR) is 71.6 cm³/mol. The van der Waals surface area contributed by atoms with Gasteiger partial charge in [-0.1, -0.05) is 0 Å². The van der Waals surface area contributed by atoms with E-state index in [0.717, 1.165) is 32.8 Å². The molecule has 0 bridgehead atoms. The fourth-order valence-corrected chi connectivity index (χ4v) is 3.26. The van der Waals surface area contributed by atoms with Gasteiger partial charge in [-0.3, -0.25) is 9.80 Å². The predicted octanol–water partition coefficient (Wildman–Crippen LogP) is 1.78. The normalized spacial score (nSPS) is 36.2. The standard InChI is InChI=1S/C14H27FN2O/c1-11-12(9-16-5-7-18-8-6-16)13(15)10-17(11)14(2,3)4/h11-13H,5-10H2,1-4H3/t11-,12+,13+/m1/s1. The van der Waals surface area contributed by atoms with Crippen molar-refractivity contribution in [2.24, 2.45) is 5.92 Å². The van der Waals surface area contributed by atoms with Crippen molar-refractivity contribution >= 4 is 0 Å². The van der Waals surface area contributed by atoms with Crippen molar-refractivity contribution < 1.29 is 9.13 Å². The van der Waals surface area contributed by atoms with Crippen molar-refractivity contribution in [3.8, 4) is 0 Å². The molecular formula is C14H27FN2O. The van der Waals surface area contributed by atoms with E-state index in [4.69, 9.17) is 4.74 Å². The highest BCUT2D eigenvalue weighted by Crippen LogP contribution is 2.33. The van der Waals surface area contributed by atoms with E-state index in [2.05, 4.69) is 37.5 Å². The molecule has 3 nitrogen and oxygen atoms in total. The lowest BCUT2D eigenvalue weighted by atomic mass is 9.97. The third kappa shape index (κ3) is 3.03. The Morgan fingerprint density at radius 1 is 1.22 bits per heavy atom. The molecule has 2 heterocycles. The van der Waals surface area contributed by atoms with Gasteiger partial charge in [0, 0.05) is 43.7 Å². The van der Waals surface area contributed by atoms with Crippen LogP contribution in [-0.4, -0.2) is 66.9 Å². The number of rotatable bonds is 2. The molecular weight excluding hydrogens is 231 g/mol. The lowest BCUT2D eigenvalue weighted by Gasteiger charge is -2.37. The molecule has 2 aliphatic rings. The summed E-state index contributed by atoms with van der Waals surface area (Å²) < 4.78 is 19.6. The SMILES string of the molecule is C[C@@H]1[C@H](CN2CCOCC2)[C@@H](F)CN1C(C)(C)C. The Bertz CT molecular complexity index is 273. The highest BCUT2D eigenvalue weighted by atomic mass is 19.1. The average molecular weight is 258 g/mol. The van der Waals surface area contributed by atoms with E-state index in [1.807, 2.05) is 0 Å². The summed E-state index contributed by atoms with van der Waals surface area (Å²) in [6.45, 7) is 13.6. The fraction of sp³-hybridized carbons (Fsp3) is 1.00. The third-order valence-electron chi connectivity index (χ3n) is 4.38. The van der Waals surface area contributed by atoms with Crippen LogP contribution in [-0.2, 0) is 4.74 Å². The van der Waals surface area contributed by atoms with E-state index in [1.165, 1.54) is 0 Å². The number of likely N-dealkylation sites (tertiary alicyclic amines) is 1. The van der Waals surface area contributed by atoms with Gasteiger partial charge in [-0.25, -0.2) is 4.39 Å². The maximum atomic E-state index is 14.3. The molecule has 2 saturated heterocycles. The summed E-state index contributed by atoms with van der Waals surface area (Å²) in [5.41, 5.74) is 0.0590. The van der Waals surface area contributed by atoms with Crippen molar-refractivity contribution in [1.82, 2.24) is 9.80 Å². The Hall–Kier alpha value is -0.190. The van der Waals surface area contributed by atoms with Crippen LogP contribution in [0.4, 0.5) is 4.39 Å². The molecule has 0 saturated carbocycles. The summed E-state index contributed by atoms with van der Waals surface area (Å²) in [5, 5.41) is 0. The van der Waals surface area contributed by atoms with Crippen molar-refractivity contribution in [2.45, 2.75) is 45.4 Å². The van der Waals surface area contributed by atoms with Gasteiger partial charge in [0.05, 0.1) is 13.2 Å². The summed E-state index contributed by atoms with van der Waals surface area (Å²) in [7, 11) is 0. The molecule has 3 atom stereocenters. The molecule has 0 unspecified atom stereocenters. The third-order valence-corrected chi connectivity index (χ3v) is 4.38. The quantitative estimate of drug-likeness (QED) is 0.751. The Morgan fingerprint density at radius 2 is 1.83 bits per heavy atom. The Morgan fingerprint density at radius 3 is 2.33 bits per heavy atom. The first kappa shape index (κ1) is 14.2. The highest BCUT2D eigenvalue weighted by Gasteiger charge is 2.44. The summed E-state index contributed by atoms with van der Waals surface area (Å²) in [4.78, 5) is 4.66. The first-order valence-corrected chi connectivity index (χ1v) is 7.10. The van der Waals surface area contributed by atoms with Gasteiger partial charge < -0.3 is 4.74 Å². The number of halogens is 1. The summed E-state index contributed by atoms with van der Waals surface area (Å²) in [6.07, 6.45) is -0.693. The molecule has 0 aromatic rings. The van der Waals surface area contributed by atoms with Crippen LogP contribution in [0.15, 0.2) is 0 Å². The van der Waals surface area contributed by atoms with E-state index in [1.54, 1.807) is 0 Å². The minimum absolute atomic E-state index is 0.0590. The minimum Gasteiger partial charge on any atom is -0.379 e. The van der Waals surface area contributed by atoms with Crippen LogP contribution < -0.4 is 0 Å². The van der Waals surface area contributed by atoms with E-state index >= 15 is 0 Å². The van der Waals surface area contributed by atoms with E-state index in [0.29, 0.717) is 12.6 Å². The van der Waals surface area contributed by atoms with Crippen LogP contribution in [0.25, 0.3) is 0 Å². The van der Waals surface area contributed by atoms with Gasteiger partial charge in [-0.15, -0.1) is 0 Å². The maximum Gasteiger partial charge on any atom is 0.118 e. The topological polar surface area (TPSA) is 15.7 Å². The first-order chi connectivity index (χ1) is 8.39. The number of morpholine rings is 1. The molecule has 2 rings (SSSR count). The van der Waals surface area contributed by atoms with Crippen LogP contribution >= 0.6 is 0 Å². The molecule has 4 heteroatoms. The lowest BCUT2D eigenvalue weighted by molar-refractivity contribution is 0.0218. The van der Waals surface area contributed by atoms with Gasteiger partial charge in [-0.2, -0.15) is 0 Å². The highest BCUT2D eigenvalue weighted by molar-refractivity contribution is 4.97. The second kappa shape index (κ2) is 5.43. The zero-order valence-electron chi connectivity index (χ0n) is 12.2. The molecule has 0 aromatic heterocycles. The van der Waals surface area contributed by atoms with Gasteiger partial charge in [0.2, 0.25) is 0 Å². The molecule has 0 aliphatic carbocycles. The second-order valence-corrected chi connectivity index (χ2v) is 6.66. The van der Waals surface area contributed by atoms with E-state index in [9.17, 15) is 4.39 Å². The molecule has 2 aliphatic heterocycles. The van der Waals surface area contributed by atoms with Crippen molar-refractivity contribution in [3.63, 3.8) is 0 Å². The average Bonchev–Trinajstić information content (AvgIpc) is 2.58. The van der Waals surface area contributed by atoms with Crippen LogP contribution in [0.2, 0.25) is 0 Å². The Balaban J connectivity index is 1.96. The first-order valence-electron chi connectivity index (χ1n) is 7.10. The van der Waals surface area contributed by atoms with Gasteiger partial charge >= 0.3 is 0 Å². The summed E-state index contributed by atoms with van der Waals surface area (Å²) >= 11 is 0. The van der Waals surface area contributed by atoms with Gasteiger partial charge in [0.15, 0.2) is 0 Å². The van der Waals surface area contributed by atoms with Crippen molar-refractivity contribution in [2.75, 3.05) is 39.4 Å². The Labute approximate surface area is 110 Å². The monoisotopic (exact) mass is 258 g/mol. The molecule has 2 fully saturated rings. The molecule has 0 spiro atoms. The molecule has 0 N–H and O–H groups in total. The number of nitrogens with zero attached hydrogens (tertiary/aromatic N) is 2. The van der Waals surface area contributed by atoms with Crippen molar-refractivity contribution in [3.05, 3.63) is 0 Å². The second-order valence-electron chi connectivity index (χ2n) is 6.66. The number of alkyl halides is 1. The van der Waals surface area contributed by atoms with Crippen LogP contribution in [0, 0.1) is 5.92 Å². The van der Waals surface area contributed by atoms with Crippen LogP contribution in [0.1, 0.15) is 27.7 Å². The molecule has 106 valence electrons. The Kier molecular flexibility index (Phi) is 4.29. The van der Waals surface area contributed by atoms with Gasteiger partial charge in [0.1, 0.15) is 6.17 Å². The molecule has 0 aromatic carbocycles. The lowest BCUT2D eigenvalue weighted by Crippen LogP contribution is -2.47. The molecule has 18 heavy (non-hydrogen) atoms. The van der Waals surface area contributed by atoms with Crippen molar-refractivity contribution in [1.29, 1.82) is 0 Å². The summed E-state index contributed by atoms with van der Waals surface area (Å²) in [5.74, 6) is 0.141. The van der Waals surface area contributed by atoms with E-state index < -0.39 is 6.17 Å². The van der Waals surface area contributed by atoms with Crippen LogP contribution in [0.5, 0.6) is 0 Å². The molecule has 0 radical (unpaired) electrons. The number of ether oxygens (including phenoxy) is 1. The minimum atomic E-state index is -0.693. The fourth-order valence-electron chi connectivity index (χ4n) is 3.26. The zero-order valence-corrected chi connectivity index (χ0v) is 12.2. The maximum absolute atomic E-state index is 14.3. The molecule has 0 amide bonds. The van der Waals surface area contributed by atoms with Gasteiger partial charge in [-0.05, 0) is 27.7 Å². The van der Waals surface area contributed by atoms with Crippen LogP contribution in [0.3, 0.4) is 0 Å². The number of hydrogen-bond acceptors (Lipinski definition) is 3. The van der Waals surface area contributed by atoms with E-state index in [-0.39, 0.29) is 11.5 Å².